The zero-order valence-electron chi connectivity index (χ0n) is 10.5. The van der Waals surface area contributed by atoms with E-state index >= 15 is 0 Å². The lowest BCUT2D eigenvalue weighted by Crippen LogP contribution is -2.43. The first-order valence-corrected chi connectivity index (χ1v) is 6.80. The van der Waals surface area contributed by atoms with Crippen LogP contribution in [0.15, 0.2) is 0 Å². The number of hydrogen-bond donors (Lipinski definition) is 2. The lowest BCUT2D eigenvalue weighted by Gasteiger charge is -2.31. The zero-order valence-corrected chi connectivity index (χ0v) is 10.5. The Kier molecular flexibility index (Phi) is 4.22. The van der Waals surface area contributed by atoms with Gasteiger partial charge in [-0.05, 0) is 51.7 Å². The summed E-state index contributed by atoms with van der Waals surface area (Å²) < 4.78 is 0. The van der Waals surface area contributed by atoms with Crippen LogP contribution in [0.2, 0.25) is 0 Å². The van der Waals surface area contributed by atoms with Crippen LogP contribution in [-0.2, 0) is 0 Å². The van der Waals surface area contributed by atoms with E-state index in [0.717, 1.165) is 31.8 Å². The van der Waals surface area contributed by atoms with Gasteiger partial charge in [0.2, 0.25) is 0 Å². The van der Waals surface area contributed by atoms with E-state index in [1.807, 2.05) is 0 Å². The monoisotopic (exact) mass is 226 g/mol. The highest BCUT2D eigenvalue weighted by Crippen LogP contribution is 2.28. The number of piperidine rings is 1. The molecule has 2 fully saturated rings. The molecular weight excluding hydrogens is 200 g/mol. The van der Waals surface area contributed by atoms with Gasteiger partial charge in [-0.3, -0.25) is 0 Å². The fourth-order valence-corrected chi connectivity index (χ4v) is 3.16. The molecule has 0 bridgehead atoms. The quantitative estimate of drug-likeness (QED) is 0.756. The minimum absolute atomic E-state index is 0.388. The first-order chi connectivity index (χ1) is 7.68. The molecule has 2 aliphatic rings. The molecule has 2 rings (SSSR count). The highest BCUT2D eigenvalue weighted by atomic mass is 16.3. The standard InChI is InChI=1S/C13H26N2O/c1-15-8-4-5-12(10-15)9-14-11-13(16)6-2-3-7-13/h12,14,16H,2-11H2,1H3. The third-order valence-electron chi connectivity index (χ3n) is 4.14. The Morgan fingerprint density at radius 1 is 1.31 bits per heavy atom. The van der Waals surface area contributed by atoms with Crippen LogP contribution in [-0.4, -0.2) is 48.8 Å². The van der Waals surface area contributed by atoms with Crippen molar-refractivity contribution in [3.8, 4) is 0 Å². The van der Waals surface area contributed by atoms with Gasteiger partial charge in [-0.15, -0.1) is 0 Å². The Labute approximate surface area is 99.2 Å². The van der Waals surface area contributed by atoms with Crippen molar-refractivity contribution in [3.05, 3.63) is 0 Å². The first-order valence-electron chi connectivity index (χ1n) is 6.80. The highest BCUT2D eigenvalue weighted by Gasteiger charge is 2.30. The largest absolute Gasteiger partial charge is 0.389 e. The van der Waals surface area contributed by atoms with Gasteiger partial charge in [-0.2, -0.15) is 0 Å². The van der Waals surface area contributed by atoms with Crippen molar-refractivity contribution >= 4 is 0 Å². The third kappa shape index (κ3) is 3.44. The molecule has 1 heterocycles. The van der Waals surface area contributed by atoms with Crippen LogP contribution in [0.4, 0.5) is 0 Å². The minimum atomic E-state index is -0.388. The second-order valence-electron chi connectivity index (χ2n) is 5.83. The first kappa shape index (κ1) is 12.3. The van der Waals surface area contributed by atoms with Gasteiger partial charge in [0.05, 0.1) is 5.60 Å². The molecule has 1 saturated carbocycles. The number of nitrogens with one attached hydrogen (secondary N) is 1. The summed E-state index contributed by atoms with van der Waals surface area (Å²) >= 11 is 0. The van der Waals surface area contributed by atoms with Gasteiger partial charge in [0.1, 0.15) is 0 Å². The topological polar surface area (TPSA) is 35.5 Å². The van der Waals surface area contributed by atoms with Gasteiger partial charge in [0.25, 0.3) is 0 Å². The summed E-state index contributed by atoms with van der Waals surface area (Å²) in [7, 11) is 2.21. The van der Waals surface area contributed by atoms with Crippen LogP contribution in [0.25, 0.3) is 0 Å². The Bertz CT molecular complexity index is 214. The van der Waals surface area contributed by atoms with Gasteiger partial charge in [0, 0.05) is 13.1 Å². The van der Waals surface area contributed by atoms with Gasteiger partial charge < -0.3 is 15.3 Å². The maximum atomic E-state index is 10.2. The van der Waals surface area contributed by atoms with Gasteiger partial charge in [0.15, 0.2) is 0 Å². The summed E-state index contributed by atoms with van der Waals surface area (Å²) in [6.45, 7) is 4.34. The summed E-state index contributed by atoms with van der Waals surface area (Å²) in [4.78, 5) is 2.42. The van der Waals surface area contributed by atoms with Crippen molar-refractivity contribution in [2.75, 3.05) is 33.2 Å². The van der Waals surface area contributed by atoms with E-state index in [1.165, 1.54) is 38.8 Å². The van der Waals surface area contributed by atoms with Gasteiger partial charge >= 0.3 is 0 Å². The van der Waals surface area contributed by atoms with Crippen molar-refractivity contribution in [2.45, 2.75) is 44.1 Å². The molecule has 94 valence electrons. The van der Waals surface area contributed by atoms with Crippen LogP contribution in [0.3, 0.4) is 0 Å². The Hall–Kier alpha value is -0.120. The maximum Gasteiger partial charge on any atom is 0.0771 e. The van der Waals surface area contributed by atoms with Crippen LogP contribution in [0.1, 0.15) is 38.5 Å². The number of hydrogen-bond acceptors (Lipinski definition) is 3. The highest BCUT2D eigenvalue weighted by molar-refractivity contribution is 4.86. The van der Waals surface area contributed by atoms with E-state index in [2.05, 4.69) is 17.3 Å². The van der Waals surface area contributed by atoms with E-state index in [-0.39, 0.29) is 5.60 Å². The van der Waals surface area contributed by atoms with Crippen LogP contribution >= 0.6 is 0 Å². The number of nitrogens with zero attached hydrogens (tertiary/aromatic N) is 1. The minimum Gasteiger partial charge on any atom is -0.389 e. The Balaban J connectivity index is 1.63. The normalized spacial score (nSPS) is 30.8. The summed E-state index contributed by atoms with van der Waals surface area (Å²) in [5.41, 5.74) is -0.388. The van der Waals surface area contributed by atoms with Crippen molar-refractivity contribution in [1.29, 1.82) is 0 Å². The van der Waals surface area contributed by atoms with Crippen LogP contribution < -0.4 is 5.32 Å². The Morgan fingerprint density at radius 2 is 2.06 bits per heavy atom. The van der Waals surface area contributed by atoms with Crippen molar-refractivity contribution < 1.29 is 5.11 Å². The van der Waals surface area contributed by atoms with Crippen LogP contribution in [0.5, 0.6) is 0 Å². The molecule has 1 aliphatic carbocycles. The van der Waals surface area contributed by atoms with Crippen LogP contribution in [0, 0.1) is 5.92 Å². The number of likely N-dealkylation sites (tertiary alicyclic amines) is 1. The van der Waals surface area contributed by atoms with E-state index in [9.17, 15) is 5.11 Å². The van der Waals surface area contributed by atoms with E-state index in [1.54, 1.807) is 0 Å². The molecule has 16 heavy (non-hydrogen) atoms. The molecule has 0 radical (unpaired) electrons. The summed E-state index contributed by atoms with van der Waals surface area (Å²) in [6.07, 6.45) is 7.05. The molecule has 1 unspecified atom stereocenters. The molecule has 3 nitrogen and oxygen atoms in total. The predicted octanol–water partition coefficient (Wildman–Crippen LogP) is 1.22. The lowest BCUT2D eigenvalue weighted by molar-refractivity contribution is 0.0458. The van der Waals surface area contributed by atoms with E-state index in [4.69, 9.17) is 0 Å². The molecule has 3 heteroatoms. The molecule has 1 aliphatic heterocycles. The molecule has 0 aromatic heterocycles. The molecule has 2 N–H and O–H groups in total. The van der Waals surface area contributed by atoms with Gasteiger partial charge in [-0.25, -0.2) is 0 Å². The molecular formula is C13H26N2O. The molecule has 0 aromatic carbocycles. The van der Waals surface area contributed by atoms with Gasteiger partial charge in [-0.1, -0.05) is 12.8 Å². The smallest absolute Gasteiger partial charge is 0.0771 e. The average molecular weight is 226 g/mol. The fraction of sp³-hybridized carbons (Fsp3) is 1.00. The molecule has 0 amide bonds. The molecule has 0 spiro atoms. The summed E-state index contributed by atoms with van der Waals surface area (Å²) in [6, 6.07) is 0. The Morgan fingerprint density at radius 3 is 2.75 bits per heavy atom. The maximum absolute atomic E-state index is 10.2. The average Bonchev–Trinajstić information content (AvgIpc) is 2.65. The van der Waals surface area contributed by atoms with E-state index in [0.29, 0.717) is 0 Å². The SMILES string of the molecule is CN1CCCC(CNCC2(O)CCCC2)C1. The van der Waals surface area contributed by atoms with Crippen molar-refractivity contribution in [2.24, 2.45) is 5.92 Å². The second-order valence-corrected chi connectivity index (χ2v) is 5.83. The molecule has 1 atom stereocenters. The van der Waals surface area contributed by atoms with Crippen molar-refractivity contribution in [1.82, 2.24) is 10.2 Å². The fourth-order valence-electron chi connectivity index (χ4n) is 3.16. The van der Waals surface area contributed by atoms with E-state index < -0.39 is 0 Å². The number of aliphatic hydroxyl groups is 1. The molecule has 1 saturated heterocycles. The lowest BCUT2D eigenvalue weighted by atomic mass is 9.97. The zero-order chi connectivity index (χ0) is 11.4. The molecule has 0 aromatic rings. The van der Waals surface area contributed by atoms with Crippen molar-refractivity contribution in [3.63, 3.8) is 0 Å². The summed E-state index contributed by atoms with van der Waals surface area (Å²) in [5.74, 6) is 0.781. The summed E-state index contributed by atoms with van der Waals surface area (Å²) in [5, 5.41) is 13.7. The second kappa shape index (κ2) is 5.48. The number of rotatable bonds is 4. The third-order valence-corrected chi connectivity index (χ3v) is 4.14. The predicted molar refractivity (Wildman–Crippen MR) is 66.5 cm³/mol.